The van der Waals surface area contributed by atoms with Crippen LogP contribution in [0.15, 0.2) is 36.4 Å². The van der Waals surface area contributed by atoms with Gasteiger partial charge in [-0.2, -0.15) is 5.10 Å². The Morgan fingerprint density at radius 2 is 2.21 bits per heavy atom. The molecule has 126 valence electrons. The van der Waals surface area contributed by atoms with Crippen LogP contribution in [0.5, 0.6) is 5.75 Å². The molecule has 8 heteroatoms. The predicted octanol–water partition coefficient (Wildman–Crippen LogP) is 1.17. The van der Waals surface area contributed by atoms with Crippen molar-refractivity contribution in [3.63, 3.8) is 0 Å². The van der Waals surface area contributed by atoms with Gasteiger partial charge in [0.1, 0.15) is 24.7 Å². The average molecular weight is 330 g/mol. The molecule has 8 nitrogen and oxygen atoms in total. The van der Waals surface area contributed by atoms with Gasteiger partial charge in [0.05, 0.1) is 12.2 Å². The molecule has 0 aliphatic carbocycles. The number of rotatable bonds is 7. The van der Waals surface area contributed by atoms with Crippen LogP contribution in [0.2, 0.25) is 0 Å². The van der Waals surface area contributed by atoms with E-state index in [1.54, 1.807) is 11.0 Å². The van der Waals surface area contributed by atoms with E-state index in [2.05, 4.69) is 15.5 Å². The number of amides is 2. The van der Waals surface area contributed by atoms with Crippen LogP contribution in [-0.2, 0) is 11.3 Å². The minimum absolute atomic E-state index is 0.283. The Kier molecular flexibility index (Phi) is 4.95. The lowest BCUT2D eigenvalue weighted by Crippen LogP contribution is -2.35. The number of carbonyl (C=O) groups excluding carboxylic acids is 2. The molecular weight excluding hydrogens is 312 g/mol. The normalized spacial score (nSPS) is 13.7. The number of carbonyl (C=O) groups is 2. The number of benzene rings is 1. The molecule has 0 bridgehead atoms. The topological polar surface area (TPSA) is 96.5 Å². The zero-order chi connectivity index (χ0) is 16.8. The number of nitrogens with one attached hydrogen (secondary N) is 2. The number of hydrogen-bond acceptors (Lipinski definition) is 5. The predicted molar refractivity (Wildman–Crippen MR) is 84.6 cm³/mol. The van der Waals surface area contributed by atoms with E-state index < -0.39 is 0 Å². The van der Waals surface area contributed by atoms with Crippen LogP contribution in [0, 0.1) is 0 Å². The van der Waals surface area contributed by atoms with Crippen molar-refractivity contribution in [3.8, 4) is 5.75 Å². The van der Waals surface area contributed by atoms with Crippen molar-refractivity contribution in [1.29, 1.82) is 0 Å². The van der Waals surface area contributed by atoms with Gasteiger partial charge in [0.2, 0.25) is 0 Å². The SMILES string of the molecule is O=C(NCCN1CCOC1=O)c1cc(COc2ccccc2)[nH]n1. The van der Waals surface area contributed by atoms with Crippen LogP contribution in [0.25, 0.3) is 0 Å². The highest BCUT2D eigenvalue weighted by Gasteiger charge is 2.21. The molecule has 2 amide bonds. The van der Waals surface area contributed by atoms with Crippen molar-refractivity contribution in [3.05, 3.63) is 47.8 Å². The molecule has 1 saturated heterocycles. The lowest BCUT2D eigenvalue weighted by molar-refractivity contribution is 0.0944. The first-order valence-electron chi connectivity index (χ1n) is 7.64. The number of para-hydroxylation sites is 1. The van der Waals surface area contributed by atoms with Gasteiger partial charge in [-0.3, -0.25) is 9.89 Å². The molecule has 1 aromatic heterocycles. The maximum Gasteiger partial charge on any atom is 0.409 e. The van der Waals surface area contributed by atoms with E-state index in [0.717, 1.165) is 5.75 Å². The summed E-state index contributed by atoms with van der Waals surface area (Å²) in [5, 5.41) is 9.47. The van der Waals surface area contributed by atoms with Crippen LogP contribution in [0.3, 0.4) is 0 Å². The van der Waals surface area contributed by atoms with Gasteiger partial charge in [0.15, 0.2) is 0 Å². The van der Waals surface area contributed by atoms with Gasteiger partial charge in [-0.25, -0.2) is 4.79 Å². The maximum atomic E-state index is 12.0. The zero-order valence-electron chi connectivity index (χ0n) is 13.0. The Bertz CT molecular complexity index is 701. The smallest absolute Gasteiger partial charge is 0.409 e. The van der Waals surface area contributed by atoms with E-state index in [0.29, 0.717) is 38.5 Å². The molecule has 0 atom stereocenters. The second-order valence-corrected chi connectivity index (χ2v) is 5.24. The Morgan fingerprint density at radius 3 is 2.96 bits per heavy atom. The highest BCUT2D eigenvalue weighted by Crippen LogP contribution is 2.11. The van der Waals surface area contributed by atoms with Crippen LogP contribution in [0.1, 0.15) is 16.2 Å². The monoisotopic (exact) mass is 330 g/mol. The molecule has 1 aromatic carbocycles. The molecule has 2 N–H and O–H groups in total. The molecule has 0 radical (unpaired) electrons. The Morgan fingerprint density at radius 1 is 1.38 bits per heavy atom. The van der Waals surface area contributed by atoms with Crippen molar-refractivity contribution < 1.29 is 19.1 Å². The molecule has 0 saturated carbocycles. The molecule has 3 rings (SSSR count). The first-order valence-corrected chi connectivity index (χ1v) is 7.64. The molecule has 1 aliphatic heterocycles. The number of ether oxygens (including phenoxy) is 2. The minimum atomic E-state index is -0.343. The number of cyclic esters (lactones) is 1. The Hall–Kier alpha value is -3.03. The van der Waals surface area contributed by atoms with Crippen LogP contribution >= 0.6 is 0 Å². The third-order valence-corrected chi connectivity index (χ3v) is 3.51. The molecule has 1 fully saturated rings. The fraction of sp³-hybridized carbons (Fsp3) is 0.312. The fourth-order valence-electron chi connectivity index (χ4n) is 2.25. The van der Waals surface area contributed by atoms with Gasteiger partial charge in [-0.05, 0) is 18.2 Å². The number of aromatic nitrogens is 2. The van der Waals surface area contributed by atoms with Crippen molar-refractivity contribution in [1.82, 2.24) is 20.4 Å². The largest absolute Gasteiger partial charge is 0.487 e. The highest BCUT2D eigenvalue weighted by atomic mass is 16.6. The van der Waals surface area contributed by atoms with E-state index >= 15 is 0 Å². The van der Waals surface area contributed by atoms with E-state index in [4.69, 9.17) is 9.47 Å². The summed E-state index contributed by atoms with van der Waals surface area (Å²) in [4.78, 5) is 24.8. The molecule has 2 heterocycles. The third kappa shape index (κ3) is 4.03. The van der Waals surface area contributed by atoms with Crippen molar-refractivity contribution >= 4 is 12.0 Å². The Balaban J connectivity index is 1.44. The summed E-state index contributed by atoms with van der Waals surface area (Å²) < 4.78 is 10.4. The summed E-state index contributed by atoms with van der Waals surface area (Å²) in [7, 11) is 0. The van der Waals surface area contributed by atoms with Crippen LogP contribution in [-0.4, -0.2) is 53.3 Å². The van der Waals surface area contributed by atoms with E-state index in [-0.39, 0.29) is 17.7 Å². The fourth-order valence-corrected chi connectivity index (χ4v) is 2.25. The highest BCUT2D eigenvalue weighted by molar-refractivity contribution is 5.92. The van der Waals surface area contributed by atoms with E-state index in [9.17, 15) is 9.59 Å². The van der Waals surface area contributed by atoms with Gasteiger partial charge < -0.3 is 19.7 Å². The zero-order valence-corrected chi connectivity index (χ0v) is 13.0. The number of hydrogen-bond donors (Lipinski definition) is 2. The second-order valence-electron chi connectivity index (χ2n) is 5.24. The van der Waals surface area contributed by atoms with Gasteiger partial charge in [-0.15, -0.1) is 0 Å². The summed E-state index contributed by atoms with van der Waals surface area (Å²) in [6.45, 7) is 2.01. The lowest BCUT2D eigenvalue weighted by Gasteiger charge is -2.12. The van der Waals surface area contributed by atoms with Gasteiger partial charge in [-0.1, -0.05) is 18.2 Å². The van der Waals surface area contributed by atoms with Gasteiger partial charge in [0.25, 0.3) is 5.91 Å². The molecule has 2 aromatic rings. The molecule has 0 spiro atoms. The number of H-pyrrole nitrogens is 1. The quantitative estimate of drug-likeness (QED) is 0.794. The molecular formula is C16H18N4O4. The third-order valence-electron chi connectivity index (χ3n) is 3.51. The van der Waals surface area contributed by atoms with E-state index in [1.165, 1.54) is 0 Å². The van der Waals surface area contributed by atoms with Gasteiger partial charge >= 0.3 is 6.09 Å². The second kappa shape index (κ2) is 7.49. The van der Waals surface area contributed by atoms with Crippen LogP contribution < -0.4 is 10.1 Å². The standard InChI is InChI=1S/C16H18N4O4/c21-15(17-6-7-20-8-9-23-16(20)22)14-10-12(18-19-14)11-24-13-4-2-1-3-5-13/h1-5,10H,6-9,11H2,(H,17,21)(H,18,19). The first kappa shape index (κ1) is 15.9. The van der Waals surface area contributed by atoms with Crippen LogP contribution in [0.4, 0.5) is 4.79 Å². The minimum Gasteiger partial charge on any atom is -0.487 e. The van der Waals surface area contributed by atoms with Crippen molar-refractivity contribution in [2.24, 2.45) is 0 Å². The van der Waals surface area contributed by atoms with Crippen molar-refractivity contribution in [2.45, 2.75) is 6.61 Å². The molecule has 0 unspecified atom stereocenters. The molecule has 24 heavy (non-hydrogen) atoms. The summed E-state index contributed by atoms with van der Waals surface area (Å²) in [6, 6.07) is 11.0. The number of aromatic amines is 1. The number of nitrogens with zero attached hydrogens (tertiary/aromatic N) is 2. The van der Waals surface area contributed by atoms with Gasteiger partial charge in [0, 0.05) is 13.1 Å². The summed E-state index contributed by atoms with van der Waals surface area (Å²) >= 11 is 0. The average Bonchev–Trinajstić information content (AvgIpc) is 3.23. The summed E-state index contributed by atoms with van der Waals surface area (Å²) in [5.74, 6) is 0.445. The lowest BCUT2D eigenvalue weighted by atomic mass is 10.3. The maximum absolute atomic E-state index is 12.0. The molecule has 1 aliphatic rings. The van der Waals surface area contributed by atoms with Crippen molar-refractivity contribution in [2.75, 3.05) is 26.2 Å². The summed E-state index contributed by atoms with van der Waals surface area (Å²) in [6.07, 6.45) is -0.343. The van der Waals surface area contributed by atoms with E-state index in [1.807, 2.05) is 30.3 Å². The Labute approximate surface area is 138 Å². The first-order chi connectivity index (χ1) is 11.7. The summed E-state index contributed by atoms with van der Waals surface area (Å²) in [5.41, 5.74) is 0.984.